The van der Waals surface area contributed by atoms with E-state index in [0.717, 1.165) is 12.8 Å². The number of piperidine rings is 1. The molecule has 1 aromatic rings. The van der Waals surface area contributed by atoms with Crippen LogP contribution in [-0.4, -0.2) is 58.4 Å². The molecule has 9 heteroatoms. The predicted molar refractivity (Wildman–Crippen MR) is 83.1 cm³/mol. The lowest BCUT2D eigenvalue weighted by molar-refractivity contribution is -0.128. The van der Waals surface area contributed by atoms with Crippen LogP contribution in [0.4, 0.5) is 0 Å². The summed E-state index contributed by atoms with van der Waals surface area (Å²) < 4.78 is 10.8. The van der Waals surface area contributed by atoms with E-state index in [4.69, 9.17) is 9.26 Å². The van der Waals surface area contributed by atoms with E-state index in [-0.39, 0.29) is 17.9 Å². The largest absolute Gasteiger partial charge is 0.376 e. The lowest BCUT2D eigenvalue weighted by atomic mass is 10.1. The summed E-state index contributed by atoms with van der Waals surface area (Å²) in [5.41, 5.74) is 2.78. The number of hydrazone groups is 1. The molecule has 2 aliphatic rings. The second-order valence-corrected chi connectivity index (χ2v) is 5.96. The van der Waals surface area contributed by atoms with Crippen molar-refractivity contribution in [3.63, 3.8) is 0 Å². The smallest absolute Gasteiger partial charge is 0.270 e. The first kappa shape index (κ1) is 16.6. The van der Waals surface area contributed by atoms with Crippen LogP contribution in [0.5, 0.6) is 0 Å². The fourth-order valence-electron chi connectivity index (χ4n) is 2.83. The Balaban J connectivity index is 1.47. The number of amides is 2. The maximum atomic E-state index is 12.5. The van der Waals surface area contributed by atoms with Crippen molar-refractivity contribution in [2.45, 2.75) is 45.1 Å². The third-order valence-electron chi connectivity index (χ3n) is 4.07. The summed E-state index contributed by atoms with van der Waals surface area (Å²) in [6.07, 6.45) is 3.08. The van der Waals surface area contributed by atoms with Crippen LogP contribution in [0.2, 0.25) is 0 Å². The fourth-order valence-corrected chi connectivity index (χ4v) is 2.83. The molecule has 0 saturated carbocycles. The van der Waals surface area contributed by atoms with E-state index in [1.165, 1.54) is 0 Å². The molecular weight excluding hydrogens is 314 g/mol. The highest BCUT2D eigenvalue weighted by Gasteiger charge is 2.28. The number of carbonyl (C=O) groups excluding carboxylic acids is 2. The molecule has 1 atom stereocenters. The lowest BCUT2D eigenvalue weighted by Gasteiger charge is -2.33. The molecule has 0 aliphatic carbocycles. The number of carbonyl (C=O) groups is 2. The molecule has 1 unspecified atom stereocenters. The molecule has 0 radical (unpaired) electrons. The third kappa shape index (κ3) is 4.16. The molecule has 0 aromatic carbocycles. The van der Waals surface area contributed by atoms with E-state index in [1.54, 1.807) is 11.8 Å². The van der Waals surface area contributed by atoms with Crippen LogP contribution in [0.25, 0.3) is 0 Å². The number of hydrogen-bond donors (Lipinski definition) is 1. The van der Waals surface area contributed by atoms with Crippen molar-refractivity contribution in [1.29, 1.82) is 0 Å². The number of likely N-dealkylation sites (tertiary alicyclic amines) is 1. The zero-order chi connectivity index (χ0) is 16.9. The minimum atomic E-state index is -0.150. The number of aromatic nitrogens is 2. The summed E-state index contributed by atoms with van der Waals surface area (Å²) in [6.45, 7) is 3.47. The Kier molecular flexibility index (Phi) is 5.19. The van der Waals surface area contributed by atoms with Crippen LogP contribution in [-0.2, 0) is 20.7 Å². The summed E-state index contributed by atoms with van der Waals surface area (Å²) in [5.74, 6) is 0.906. The van der Waals surface area contributed by atoms with Gasteiger partial charge in [-0.05, 0) is 12.8 Å². The van der Waals surface area contributed by atoms with Crippen molar-refractivity contribution in [3.8, 4) is 0 Å². The van der Waals surface area contributed by atoms with Crippen LogP contribution < -0.4 is 5.43 Å². The number of aryl methyl sites for hydroxylation is 1. The van der Waals surface area contributed by atoms with E-state index >= 15 is 0 Å². The summed E-state index contributed by atoms with van der Waals surface area (Å²) in [6, 6.07) is 0. The SMILES string of the molecule is Cc1nc(CCOC2CCCN(C(=O)C3=NNC(=O)CC3)C2)no1. The van der Waals surface area contributed by atoms with E-state index in [9.17, 15) is 9.59 Å². The summed E-state index contributed by atoms with van der Waals surface area (Å²) >= 11 is 0. The van der Waals surface area contributed by atoms with Gasteiger partial charge in [0.05, 0.1) is 12.7 Å². The molecule has 0 spiro atoms. The number of rotatable bonds is 5. The van der Waals surface area contributed by atoms with Crippen molar-refractivity contribution in [2.24, 2.45) is 5.10 Å². The van der Waals surface area contributed by atoms with Crippen molar-refractivity contribution in [1.82, 2.24) is 20.5 Å². The topological polar surface area (TPSA) is 110 Å². The third-order valence-corrected chi connectivity index (χ3v) is 4.07. The Hall–Kier alpha value is -2.29. The Labute approximate surface area is 139 Å². The zero-order valence-corrected chi connectivity index (χ0v) is 13.7. The van der Waals surface area contributed by atoms with Gasteiger partial charge in [-0.1, -0.05) is 5.16 Å². The van der Waals surface area contributed by atoms with Gasteiger partial charge in [0.1, 0.15) is 5.71 Å². The number of nitrogens with one attached hydrogen (secondary N) is 1. The summed E-state index contributed by atoms with van der Waals surface area (Å²) in [7, 11) is 0. The van der Waals surface area contributed by atoms with Crippen molar-refractivity contribution >= 4 is 17.5 Å². The molecule has 2 aliphatic heterocycles. The Bertz CT molecular complexity index is 642. The molecule has 1 fully saturated rings. The number of hydrogen-bond acceptors (Lipinski definition) is 7. The van der Waals surface area contributed by atoms with Gasteiger partial charge < -0.3 is 14.2 Å². The van der Waals surface area contributed by atoms with E-state index in [2.05, 4.69) is 20.7 Å². The average molecular weight is 335 g/mol. The highest BCUT2D eigenvalue weighted by molar-refractivity contribution is 6.39. The molecule has 9 nitrogen and oxygen atoms in total. The Morgan fingerprint density at radius 2 is 2.33 bits per heavy atom. The Morgan fingerprint density at radius 3 is 3.04 bits per heavy atom. The van der Waals surface area contributed by atoms with Gasteiger partial charge in [-0.25, -0.2) is 5.43 Å². The highest BCUT2D eigenvalue weighted by Crippen LogP contribution is 2.15. The molecule has 1 N–H and O–H groups in total. The van der Waals surface area contributed by atoms with E-state index in [1.807, 2.05) is 0 Å². The average Bonchev–Trinajstić information content (AvgIpc) is 3.00. The van der Waals surface area contributed by atoms with Gasteiger partial charge >= 0.3 is 0 Å². The van der Waals surface area contributed by atoms with Crippen LogP contribution in [0, 0.1) is 6.92 Å². The monoisotopic (exact) mass is 335 g/mol. The first-order valence-electron chi connectivity index (χ1n) is 8.17. The van der Waals surface area contributed by atoms with Crippen LogP contribution in [0.1, 0.15) is 37.4 Å². The molecule has 0 bridgehead atoms. The normalized spacial score (nSPS) is 21.4. The quantitative estimate of drug-likeness (QED) is 0.823. The van der Waals surface area contributed by atoms with Crippen LogP contribution >= 0.6 is 0 Å². The minimum absolute atomic E-state index is 0.00511. The first-order valence-corrected chi connectivity index (χ1v) is 8.17. The first-order chi connectivity index (χ1) is 11.6. The van der Waals surface area contributed by atoms with Gasteiger partial charge in [0.25, 0.3) is 5.91 Å². The van der Waals surface area contributed by atoms with Crippen molar-refractivity contribution < 1.29 is 18.8 Å². The van der Waals surface area contributed by atoms with Gasteiger partial charge in [-0.2, -0.15) is 10.1 Å². The fraction of sp³-hybridized carbons (Fsp3) is 0.667. The standard InChI is InChI=1S/C15H21N5O4/c1-10-16-13(19-24-10)6-8-23-11-3-2-7-20(9-11)15(22)12-4-5-14(21)18-17-12/h11H,2-9H2,1H3,(H,18,21). The molecule has 3 heterocycles. The molecule has 2 amide bonds. The van der Waals surface area contributed by atoms with Gasteiger partial charge in [-0.3, -0.25) is 9.59 Å². The molecule has 3 rings (SSSR count). The second-order valence-electron chi connectivity index (χ2n) is 5.96. The molecule has 1 saturated heterocycles. The van der Waals surface area contributed by atoms with E-state index in [0.29, 0.717) is 56.4 Å². The maximum absolute atomic E-state index is 12.5. The molecule has 1 aromatic heterocycles. The predicted octanol–water partition coefficient (Wildman–Crippen LogP) is 0.194. The Morgan fingerprint density at radius 1 is 1.46 bits per heavy atom. The maximum Gasteiger partial charge on any atom is 0.270 e. The molecule has 24 heavy (non-hydrogen) atoms. The number of nitrogens with zero attached hydrogens (tertiary/aromatic N) is 4. The van der Waals surface area contributed by atoms with Crippen LogP contribution in [0.15, 0.2) is 9.62 Å². The highest BCUT2D eigenvalue weighted by atomic mass is 16.5. The van der Waals surface area contributed by atoms with E-state index < -0.39 is 0 Å². The van der Waals surface area contributed by atoms with Crippen molar-refractivity contribution in [2.75, 3.05) is 19.7 Å². The molecule has 130 valence electrons. The zero-order valence-electron chi connectivity index (χ0n) is 13.7. The van der Waals surface area contributed by atoms with Gasteiger partial charge in [0, 0.05) is 39.3 Å². The molecular formula is C15H21N5O4. The minimum Gasteiger partial charge on any atom is -0.376 e. The van der Waals surface area contributed by atoms with Gasteiger partial charge in [0.15, 0.2) is 5.82 Å². The summed E-state index contributed by atoms with van der Waals surface area (Å²) in [4.78, 5) is 29.5. The lowest BCUT2D eigenvalue weighted by Crippen LogP contribution is -2.47. The van der Waals surface area contributed by atoms with Gasteiger partial charge in [0.2, 0.25) is 11.8 Å². The van der Waals surface area contributed by atoms with Crippen molar-refractivity contribution in [3.05, 3.63) is 11.7 Å². The summed E-state index contributed by atoms with van der Waals surface area (Å²) in [5, 5.41) is 7.70. The van der Waals surface area contributed by atoms with Gasteiger partial charge in [-0.15, -0.1) is 0 Å². The second kappa shape index (κ2) is 7.52. The number of ether oxygens (including phenoxy) is 1. The van der Waals surface area contributed by atoms with Crippen LogP contribution in [0.3, 0.4) is 0 Å².